The number of ether oxygens (including phenoxy) is 2. The van der Waals surface area contributed by atoms with E-state index in [0.29, 0.717) is 11.3 Å². The minimum absolute atomic E-state index is 0.328. The molecule has 0 aliphatic carbocycles. The summed E-state index contributed by atoms with van der Waals surface area (Å²) in [7, 11) is 1.56. The summed E-state index contributed by atoms with van der Waals surface area (Å²) in [4.78, 5) is 23.7. The van der Waals surface area contributed by atoms with E-state index in [9.17, 15) is 9.59 Å². The number of nitrogens with one attached hydrogen (secondary N) is 1. The van der Waals surface area contributed by atoms with Crippen molar-refractivity contribution in [3.8, 4) is 5.75 Å². The van der Waals surface area contributed by atoms with Crippen molar-refractivity contribution in [2.24, 2.45) is 0 Å². The third kappa shape index (κ3) is 4.91. The van der Waals surface area contributed by atoms with Crippen LogP contribution in [0.3, 0.4) is 0 Å². The van der Waals surface area contributed by atoms with Crippen LogP contribution in [-0.4, -0.2) is 30.6 Å². The summed E-state index contributed by atoms with van der Waals surface area (Å²) >= 11 is 0. The summed E-state index contributed by atoms with van der Waals surface area (Å²) in [6, 6.07) is 5.94. The first-order chi connectivity index (χ1) is 9.23. The third-order valence-electron chi connectivity index (χ3n) is 2.46. The van der Waals surface area contributed by atoms with Crippen LogP contribution < -0.4 is 10.1 Å². The number of hydrogen-bond acceptors (Lipinski definition) is 4. The number of rotatable bonds is 4. The lowest BCUT2D eigenvalue weighted by atomic mass is 10.1. The van der Waals surface area contributed by atoms with Crippen LogP contribution >= 0.6 is 0 Å². The van der Waals surface area contributed by atoms with Crippen LogP contribution in [0.5, 0.6) is 5.75 Å². The summed E-state index contributed by atoms with van der Waals surface area (Å²) in [5.74, 6) is -0.118. The molecule has 5 heteroatoms. The molecule has 0 unspecified atom stereocenters. The normalized spacial score (nSPS) is 12.4. The molecule has 1 N–H and O–H groups in total. The Bertz CT molecular complexity index is 474. The maximum Gasteiger partial charge on any atom is 0.328 e. The van der Waals surface area contributed by atoms with Crippen LogP contribution in [-0.2, 0) is 9.53 Å². The van der Waals surface area contributed by atoms with Gasteiger partial charge in [-0.3, -0.25) is 4.79 Å². The number of amides is 1. The van der Waals surface area contributed by atoms with Crippen molar-refractivity contribution in [3.63, 3.8) is 0 Å². The van der Waals surface area contributed by atoms with Gasteiger partial charge >= 0.3 is 5.97 Å². The van der Waals surface area contributed by atoms with Gasteiger partial charge in [0.1, 0.15) is 17.4 Å². The molecular formula is C15H21NO4. The zero-order chi connectivity index (χ0) is 15.3. The summed E-state index contributed by atoms with van der Waals surface area (Å²) in [5.41, 5.74) is -0.114. The lowest BCUT2D eigenvalue weighted by Gasteiger charge is -2.22. The van der Waals surface area contributed by atoms with Crippen molar-refractivity contribution in [1.29, 1.82) is 0 Å². The van der Waals surface area contributed by atoms with Gasteiger partial charge < -0.3 is 14.8 Å². The van der Waals surface area contributed by atoms with Gasteiger partial charge in [-0.2, -0.15) is 0 Å². The quantitative estimate of drug-likeness (QED) is 0.858. The Morgan fingerprint density at radius 2 is 1.70 bits per heavy atom. The molecule has 0 fully saturated rings. The molecule has 0 heterocycles. The first-order valence-electron chi connectivity index (χ1n) is 6.40. The van der Waals surface area contributed by atoms with Crippen LogP contribution in [0.15, 0.2) is 24.3 Å². The average molecular weight is 279 g/mol. The molecule has 1 aromatic carbocycles. The Kier molecular flexibility index (Phi) is 5.13. The van der Waals surface area contributed by atoms with Crippen molar-refractivity contribution in [3.05, 3.63) is 29.8 Å². The van der Waals surface area contributed by atoms with Crippen LogP contribution in [0.4, 0.5) is 0 Å². The van der Waals surface area contributed by atoms with Gasteiger partial charge in [0.05, 0.1) is 7.11 Å². The number of benzene rings is 1. The van der Waals surface area contributed by atoms with Gasteiger partial charge in [-0.05, 0) is 52.0 Å². The zero-order valence-corrected chi connectivity index (χ0v) is 12.5. The Hall–Kier alpha value is -2.04. The van der Waals surface area contributed by atoms with E-state index in [2.05, 4.69) is 5.32 Å². The van der Waals surface area contributed by atoms with Gasteiger partial charge in [0, 0.05) is 5.56 Å². The molecule has 0 spiro atoms. The Labute approximate surface area is 119 Å². The van der Waals surface area contributed by atoms with E-state index in [0.717, 1.165) is 0 Å². The maximum atomic E-state index is 12.0. The molecule has 110 valence electrons. The summed E-state index contributed by atoms with van der Waals surface area (Å²) in [6.07, 6.45) is 0. The molecular weight excluding hydrogens is 258 g/mol. The topological polar surface area (TPSA) is 64.6 Å². The van der Waals surface area contributed by atoms with Crippen LogP contribution in [0.25, 0.3) is 0 Å². The van der Waals surface area contributed by atoms with Gasteiger partial charge in [-0.25, -0.2) is 4.79 Å². The van der Waals surface area contributed by atoms with Gasteiger partial charge in [-0.15, -0.1) is 0 Å². The van der Waals surface area contributed by atoms with Crippen molar-refractivity contribution in [2.45, 2.75) is 39.3 Å². The second-order valence-corrected chi connectivity index (χ2v) is 5.46. The molecule has 1 aromatic rings. The minimum atomic E-state index is -0.705. The molecule has 0 aliphatic heterocycles. The molecule has 0 aromatic heterocycles. The lowest BCUT2D eigenvalue weighted by Crippen LogP contribution is -2.42. The van der Waals surface area contributed by atoms with Crippen LogP contribution in [0, 0.1) is 0 Å². The largest absolute Gasteiger partial charge is 0.497 e. The number of hydrogen-bond donors (Lipinski definition) is 1. The third-order valence-corrected chi connectivity index (χ3v) is 2.46. The molecule has 0 aliphatic rings. The second kappa shape index (κ2) is 6.41. The van der Waals surface area contributed by atoms with E-state index in [-0.39, 0.29) is 5.91 Å². The smallest absolute Gasteiger partial charge is 0.328 e. The number of carbonyl (C=O) groups is 2. The number of esters is 1. The Balaban J connectivity index is 2.62. The fourth-order valence-corrected chi connectivity index (χ4v) is 1.47. The Morgan fingerprint density at radius 3 is 2.15 bits per heavy atom. The molecule has 0 radical (unpaired) electrons. The highest BCUT2D eigenvalue weighted by Crippen LogP contribution is 2.12. The first kappa shape index (κ1) is 16.0. The molecule has 1 rings (SSSR count). The highest BCUT2D eigenvalue weighted by atomic mass is 16.6. The van der Waals surface area contributed by atoms with Crippen molar-refractivity contribution >= 4 is 11.9 Å². The SMILES string of the molecule is COc1ccc(C(=O)N[C@@H](C)C(=O)OC(C)(C)C)cc1. The molecule has 0 bridgehead atoms. The summed E-state index contributed by atoms with van der Waals surface area (Å²) in [5, 5.41) is 2.60. The number of methoxy groups -OCH3 is 1. The van der Waals surface area contributed by atoms with Gasteiger partial charge in [0.2, 0.25) is 0 Å². The molecule has 0 saturated carbocycles. The second-order valence-electron chi connectivity index (χ2n) is 5.46. The monoisotopic (exact) mass is 279 g/mol. The van der Waals surface area contributed by atoms with Gasteiger partial charge in [-0.1, -0.05) is 0 Å². The van der Waals surface area contributed by atoms with Crippen LogP contribution in [0.1, 0.15) is 38.1 Å². The van der Waals surface area contributed by atoms with E-state index in [4.69, 9.17) is 9.47 Å². The summed E-state index contributed by atoms with van der Waals surface area (Å²) in [6.45, 7) is 6.93. The fourth-order valence-electron chi connectivity index (χ4n) is 1.47. The standard InChI is InChI=1S/C15H21NO4/c1-10(14(18)20-15(2,3)4)16-13(17)11-6-8-12(19-5)9-7-11/h6-10H,1-5H3,(H,16,17)/t10-/m0/s1. The van der Waals surface area contributed by atoms with Crippen LogP contribution in [0.2, 0.25) is 0 Å². The molecule has 20 heavy (non-hydrogen) atoms. The van der Waals surface area contributed by atoms with Gasteiger partial charge in [0.25, 0.3) is 5.91 Å². The molecule has 0 saturated heterocycles. The maximum absolute atomic E-state index is 12.0. The van der Waals surface area contributed by atoms with E-state index in [1.807, 2.05) is 0 Å². The predicted molar refractivity (Wildman–Crippen MR) is 75.8 cm³/mol. The molecule has 1 amide bonds. The van der Waals surface area contributed by atoms with E-state index < -0.39 is 17.6 Å². The fraction of sp³-hybridized carbons (Fsp3) is 0.467. The Morgan fingerprint density at radius 1 is 1.15 bits per heavy atom. The highest BCUT2D eigenvalue weighted by Gasteiger charge is 2.23. The van der Waals surface area contributed by atoms with E-state index >= 15 is 0 Å². The minimum Gasteiger partial charge on any atom is -0.497 e. The highest BCUT2D eigenvalue weighted by molar-refractivity contribution is 5.96. The van der Waals surface area contributed by atoms with E-state index in [1.54, 1.807) is 59.1 Å². The van der Waals surface area contributed by atoms with E-state index in [1.165, 1.54) is 0 Å². The average Bonchev–Trinajstić information content (AvgIpc) is 2.36. The van der Waals surface area contributed by atoms with Crippen molar-refractivity contribution < 1.29 is 19.1 Å². The molecule has 1 atom stereocenters. The van der Waals surface area contributed by atoms with Crippen molar-refractivity contribution in [1.82, 2.24) is 5.32 Å². The predicted octanol–water partition coefficient (Wildman–Crippen LogP) is 2.16. The summed E-state index contributed by atoms with van der Waals surface area (Å²) < 4.78 is 10.2. The first-order valence-corrected chi connectivity index (χ1v) is 6.40. The number of carbonyl (C=O) groups excluding carboxylic acids is 2. The zero-order valence-electron chi connectivity index (χ0n) is 12.5. The van der Waals surface area contributed by atoms with Gasteiger partial charge in [0.15, 0.2) is 0 Å². The molecule has 5 nitrogen and oxygen atoms in total. The lowest BCUT2D eigenvalue weighted by molar-refractivity contribution is -0.156. The van der Waals surface area contributed by atoms with Crippen molar-refractivity contribution in [2.75, 3.05) is 7.11 Å².